The normalized spacial score (nSPS) is 13.7. The van der Waals surface area contributed by atoms with Gasteiger partial charge in [-0.2, -0.15) is 24.9 Å². The molecule has 0 spiro atoms. The minimum Gasteiger partial charge on any atom is -0.323 e. The summed E-state index contributed by atoms with van der Waals surface area (Å²) < 4.78 is 38.0. The molecule has 2 N–H and O–H groups in total. The van der Waals surface area contributed by atoms with Gasteiger partial charge in [-0.3, -0.25) is 0 Å². The fourth-order valence-electron chi connectivity index (χ4n) is 1.99. The first-order chi connectivity index (χ1) is 9.88. The summed E-state index contributed by atoms with van der Waals surface area (Å²) in [6, 6.07) is 4.93. The number of rotatable bonds is 8. The molecule has 1 unspecified atom stereocenters. The number of alkyl halides is 3. The summed E-state index contributed by atoms with van der Waals surface area (Å²) in [5.41, 5.74) is 5.89. The molecule has 0 aliphatic rings. The number of nitrogens with zero attached hydrogens (tertiary/aromatic N) is 1. The quantitative estimate of drug-likeness (QED) is 0.739. The third-order valence-corrected chi connectivity index (χ3v) is 4.45. The van der Waals surface area contributed by atoms with E-state index in [1.54, 1.807) is 17.8 Å². The molecular weight excluding hydrogens is 297 g/mol. The lowest BCUT2D eigenvalue weighted by Gasteiger charge is -2.18. The second-order valence-corrected chi connectivity index (χ2v) is 5.98. The summed E-state index contributed by atoms with van der Waals surface area (Å²) in [6.07, 6.45) is -4.31. The molecular formula is C15H23F3N2S. The number of benzene rings is 1. The predicted octanol–water partition coefficient (Wildman–Crippen LogP) is 3.78. The highest BCUT2D eigenvalue weighted by Gasteiger charge is 2.30. The Balaban J connectivity index is 2.47. The van der Waals surface area contributed by atoms with Crippen LogP contribution in [0.5, 0.6) is 0 Å². The molecule has 1 aromatic rings. The second kappa shape index (κ2) is 8.66. The highest BCUT2D eigenvalue weighted by Crippen LogP contribution is 2.30. The van der Waals surface area contributed by atoms with Crippen LogP contribution < -0.4 is 5.73 Å². The predicted molar refractivity (Wildman–Crippen MR) is 83.5 cm³/mol. The Morgan fingerprint density at radius 2 is 1.90 bits per heavy atom. The minimum atomic E-state index is -4.31. The van der Waals surface area contributed by atoms with Gasteiger partial charge in [0.15, 0.2) is 0 Å². The Hall–Kier alpha value is -0.720. The van der Waals surface area contributed by atoms with Crippen molar-refractivity contribution >= 4 is 11.8 Å². The number of thioether (sulfide) groups is 1. The largest absolute Gasteiger partial charge is 0.416 e. The van der Waals surface area contributed by atoms with Gasteiger partial charge in [-0.25, -0.2) is 0 Å². The van der Waals surface area contributed by atoms with E-state index in [1.807, 2.05) is 0 Å². The third kappa shape index (κ3) is 6.28. The van der Waals surface area contributed by atoms with Gasteiger partial charge in [-0.15, -0.1) is 0 Å². The van der Waals surface area contributed by atoms with Crippen molar-refractivity contribution in [2.24, 2.45) is 5.73 Å². The molecule has 1 aromatic carbocycles. The smallest absolute Gasteiger partial charge is 0.323 e. The molecule has 0 aliphatic heterocycles. The highest BCUT2D eigenvalue weighted by molar-refractivity contribution is 7.99. The topological polar surface area (TPSA) is 29.3 Å². The van der Waals surface area contributed by atoms with Gasteiger partial charge in [0.2, 0.25) is 0 Å². The summed E-state index contributed by atoms with van der Waals surface area (Å²) in [6.45, 7) is 7.23. The van der Waals surface area contributed by atoms with Crippen molar-refractivity contribution in [3.8, 4) is 0 Å². The van der Waals surface area contributed by atoms with Crippen LogP contribution in [0.15, 0.2) is 24.3 Å². The Kier molecular flexibility index (Phi) is 7.56. The van der Waals surface area contributed by atoms with Crippen LogP contribution in [0.2, 0.25) is 0 Å². The van der Waals surface area contributed by atoms with Crippen molar-refractivity contribution < 1.29 is 13.2 Å². The highest BCUT2D eigenvalue weighted by atomic mass is 32.2. The van der Waals surface area contributed by atoms with Crippen molar-refractivity contribution in [2.45, 2.75) is 26.1 Å². The molecule has 0 fully saturated rings. The van der Waals surface area contributed by atoms with E-state index in [0.717, 1.165) is 37.5 Å². The average Bonchev–Trinajstić information content (AvgIpc) is 2.46. The van der Waals surface area contributed by atoms with E-state index in [9.17, 15) is 13.2 Å². The van der Waals surface area contributed by atoms with Crippen molar-refractivity contribution in [2.75, 3.05) is 31.1 Å². The van der Waals surface area contributed by atoms with Gasteiger partial charge in [-0.1, -0.05) is 26.0 Å². The van der Waals surface area contributed by atoms with Crippen molar-refractivity contribution in [3.05, 3.63) is 35.4 Å². The number of hydrogen-bond acceptors (Lipinski definition) is 3. The van der Waals surface area contributed by atoms with Gasteiger partial charge in [-0.05, 0) is 30.8 Å². The van der Waals surface area contributed by atoms with Crippen LogP contribution in [0.25, 0.3) is 0 Å². The first kappa shape index (κ1) is 18.3. The average molecular weight is 320 g/mol. The van der Waals surface area contributed by atoms with Crippen LogP contribution in [-0.4, -0.2) is 36.0 Å². The summed E-state index contributed by atoms with van der Waals surface area (Å²) in [5.74, 6) is 1.57. The zero-order chi connectivity index (χ0) is 15.9. The Bertz CT molecular complexity index is 420. The molecule has 6 heteroatoms. The molecule has 0 saturated heterocycles. The summed E-state index contributed by atoms with van der Waals surface area (Å²) in [5, 5.41) is 0. The van der Waals surface area contributed by atoms with Crippen LogP contribution in [0.3, 0.4) is 0 Å². The Morgan fingerprint density at radius 3 is 2.48 bits per heavy atom. The van der Waals surface area contributed by atoms with Crippen LogP contribution in [0.4, 0.5) is 13.2 Å². The molecule has 1 atom stereocenters. The van der Waals surface area contributed by atoms with Gasteiger partial charge in [0.1, 0.15) is 0 Å². The molecule has 0 amide bonds. The molecule has 0 heterocycles. The monoisotopic (exact) mass is 320 g/mol. The van der Waals surface area contributed by atoms with Gasteiger partial charge < -0.3 is 10.6 Å². The fourth-order valence-corrected chi connectivity index (χ4v) is 2.99. The molecule has 2 nitrogen and oxygen atoms in total. The van der Waals surface area contributed by atoms with E-state index in [1.165, 1.54) is 6.07 Å². The van der Waals surface area contributed by atoms with Gasteiger partial charge in [0.05, 0.1) is 5.56 Å². The number of nitrogens with two attached hydrogens (primary N) is 1. The van der Waals surface area contributed by atoms with Crippen LogP contribution in [0.1, 0.15) is 31.0 Å². The Morgan fingerprint density at radius 1 is 1.24 bits per heavy atom. The summed E-state index contributed by atoms with van der Waals surface area (Å²) >= 11 is 1.68. The summed E-state index contributed by atoms with van der Waals surface area (Å²) in [7, 11) is 0. The van der Waals surface area contributed by atoms with Crippen LogP contribution in [-0.2, 0) is 6.18 Å². The first-order valence-electron chi connectivity index (χ1n) is 7.11. The molecule has 120 valence electrons. The van der Waals surface area contributed by atoms with Crippen LogP contribution >= 0.6 is 11.8 Å². The van der Waals surface area contributed by atoms with E-state index in [2.05, 4.69) is 18.7 Å². The van der Waals surface area contributed by atoms with E-state index in [-0.39, 0.29) is 6.04 Å². The van der Waals surface area contributed by atoms with E-state index in [0.29, 0.717) is 11.3 Å². The van der Waals surface area contributed by atoms with Crippen molar-refractivity contribution in [1.82, 2.24) is 4.90 Å². The van der Waals surface area contributed by atoms with Gasteiger partial charge in [0, 0.05) is 24.1 Å². The maximum Gasteiger partial charge on any atom is 0.416 e. The Labute approximate surface area is 128 Å². The van der Waals surface area contributed by atoms with Crippen LogP contribution in [0, 0.1) is 0 Å². The maximum atomic E-state index is 12.7. The lowest BCUT2D eigenvalue weighted by molar-refractivity contribution is -0.137. The first-order valence-corrected chi connectivity index (χ1v) is 8.26. The second-order valence-electron chi connectivity index (χ2n) is 4.83. The van der Waals surface area contributed by atoms with E-state index >= 15 is 0 Å². The van der Waals surface area contributed by atoms with Gasteiger partial charge >= 0.3 is 6.18 Å². The third-order valence-electron chi connectivity index (χ3n) is 3.39. The molecule has 0 saturated carbocycles. The molecule has 0 bridgehead atoms. The molecule has 1 rings (SSSR count). The molecule has 0 aromatic heterocycles. The standard InChI is InChI=1S/C15H23F3N2S/c1-3-20(4-2)8-9-21-11-14(19)12-6-5-7-13(10-12)15(16,17)18/h5-7,10,14H,3-4,8-9,11,19H2,1-2H3. The SMILES string of the molecule is CCN(CC)CCSCC(N)c1cccc(C(F)(F)F)c1. The molecule has 21 heavy (non-hydrogen) atoms. The summed E-state index contributed by atoms with van der Waals surface area (Å²) in [4.78, 5) is 2.31. The maximum absolute atomic E-state index is 12.7. The lowest BCUT2D eigenvalue weighted by Crippen LogP contribution is -2.25. The molecule has 0 radical (unpaired) electrons. The number of halogens is 3. The lowest BCUT2D eigenvalue weighted by atomic mass is 10.1. The van der Waals surface area contributed by atoms with E-state index in [4.69, 9.17) is 5.73 Å². The zero-order valence-corrected chi connectivity index (χ0v) is 13.3. The van der Waals surface area contributed by atoms with Gasteiger partial charge in [0.25, 0.3) is 0 Å². The zero-order valence-electron chi connectivity index (χ0n) is 12.5. The van der Waals surface area contributed by atoms with Crippen molar-refractivity contribution in [1.29, 1.82) is 0 Å². The number of hydrogen-bond donors (Lipinski definition) is 1. The minimum absolute atomic E-state index is 0.367. The fraction of sp³-hybridized carbons (Fsp3) is 0.600. The van der Waals surface area contributed by atoms with Crippen molar-refractivity contribution in [3.63, 3.8) is 0 Å². The molecule has 0 aliphatic carbocycles. The van der Waals surface area contributed by atoms with E-state index < -0.39 is 11.7 Å².